The molecule has 318 valence electrons. The summed E-state index contributed by atoms with van der Waals surface area (Å²) >= 11 is 0. The lowest BCUT2D eigenvalue weighted by atomic mass is 9.77. The highest BCUT2D eigenvalue weighted by Crippen LogP contribution is 2.53. The van der Waals surface area contributed by atoms with Crippen molar-refractivity contribution in [2.45, 2.75) is 0 Å². The van der Waals surface area contributed by atoms with Gasteiger partial charge in [0.1, 0.15) is 0 Å². The zero-order chi connectivity index (χ0) is 45.1. The van der Waals surface area contributed by atoms with E-state index in [1.54, 1.807) is 0 Å². The Bertz CT molecular complexity index is 3040. The van der Waals surface area contributed by atoms with Gasteiger partial charge in [0.15, 0.2) is 0 Å². The summed E-state index contributed by atoms with van der Waals surface area (Å²) in [7, 11) is 0. The Morgan fingerprint density at radius 3 is 0.746 bits per heavy atom. The lowest BCUT2D eigenvalue weighted by molar-refractivity contribution is 0.0926. The van der Waals surface area contributed by atoms with E-state index in [-0.39, 0.29) is 11.8 Å². The Balaban J connectivity index is 1.21. The molecule has 5 heteroatoms. The van der Waals surface area contributed by atoms with Crippen LogP contribution in [-0.4, -0.2) is 11.8 Å². The standard InChI is InChI=1S/C62H43N3O2/c66-61-59-57(44-22-8-1-9-23-44)55(46-36-40-53(41-37-46)63(48-26-12-3-13-27-48)49-28-14-4-15-29-49)56(58(45-24-10-2-11-25-45)60(59)62(67)65(61)52-34-20-7-21-35-52)47-38-42-54(43-39-47)64(50-30-16-5-17-31-50)51-32-18-6-19-33-51/h1-43H. The first-order valence-corrected chi connectivity index (χ1v) is 22.4. The Morgan fingerprint density at radius 2 is 0.448 bits per heavy atom. The van der Waals surface area contributed by atoms with Crippen LogP contribution in [0.5, 0.6) is 0 Å². The third kappa shape index (κ3) is 7.54. The van der Waals surface area contributed by atoms with E-state index in [2.05, 4.69) is 155 Å². The van der Waals surface area contributed by atoms with Crippen molar-refractivity contribution in [3.8, 4) is 44.5 Å². The molecule has 0 spiro atoms. The predicted octanol–water partition coefficient (Wildman–Crippen LogP) is 16.1. The summed E-state index contributed by atoms with van der Waals surface area (Å²) in [5.41, 5.74) is 13.9. The van der Waals surface area contributed by atoms with Crippen molar-refractivity contribution in [3.63, 3.8) is 0 Å². The topological polar surface area (TPSA) is 43.9 Å². The number of benzene rings is 10. The fraction of sp³-hybridized carbons (Fsp3) is 0. The maximum absolute atomic E-state index is 15.4. The number of imide groups is 1. The maximum Gasteiger partial charge on any atom is 0.266 e. The van der Waals surface area contributed by atoms with E-state index >= 15 is 9.59 Å². The SMILES string of the molecule is O=C1c2c(c(-c3ccccc3)c(-c3ccc(N(c4ccccc4)c4ccccc4)cc3)c(-c3ccc(N(c4ccccc4)c4ccccc4)cc3)c2-c2ccccc2)C(=O)N1c1ccccc1. The molecule has 10 aromatic carbocycles. The molecule has 0 radical (unpaired) electrons. The van der Waals surface area contributed by atoms with Crippen LogP contribution < -0.4 is 14.7 Å². The van der Waals surface area contributed by atoms with Crippen LogP contribution in [0.4, 0.5) is 39.8 Å². The number of carbonyl (C=O) groups excluding carboxylic acids is 2. The van der Waals surface area contributed by atoms with Crippen molar-refractivity contribution in [1.29, 1.82) is 0 Å². The van der Waals surface area contributed by atoms with Crippen LogP contribution in [0.1, 0.15) is 20.7 Å². The summed E-state index contributed by atoms with van der Waals surface area (Å²) < 4.78 is 0. The molecular weight excluding hydrogens is 819 g/mol. The molecule has 0 bridgehead atoms. The van der Waals surface area contributed by atoms with Crippen molar-refractivity contribution in [2.75, 3.05) is 14.7 Å². The molecule has 5 nitrogen and oxygen atoms in total. The summed E-state index contributed by atoms with van der Waals surface area (Å²) in [6, 6.07) is 87.9. The summed E-state index contributed by atoms with van der Waals surface area (Å²) in [6.45, 7) is 0. The van der Waals surface area contributed by atoms with Crippen molar-refractivity contribution < 1.29 is 9.59 Å². The number of para-hydroxylation sites is 5. The first-order chi connectivity index (χ1) is 33.1. The molecule has 0 atom stereocenters. The van der Waals surface area contributed by atoms with Gasteiger partial charge in [-0.2, -0.15) is 0 Å². The molecule has 1 aliphatic heterocycles. The molecule has 0 saturated carbocycles. The lowest BCUT2D eigenvalue weighted by Gasteiger charge is -2.27. The first-order valence-electron chi connectivity index (χ1n) is 22.4. The Labute approximate surface area is 390 Å². The van der Waals surface area contributed by atoms with Crippen LogP contribution in [0.2, 0.25) is 0 Å². The third-order valence-electron chi connectivity index (χ3n) is 12.4. The molecule has 10 aromatic rings. The monoisotopic (exact) mass is 861 g/mol. The van der Waals surface area contributed by atoms with E-state index in [0.29, 0.717) is 27.9 Å². The van der Waals surface area contributed by atoms with Crippen molar-refractivity contribution in [3.05, 3.63) is 272 Å². The zero-order valence-electron chi connectivity index (χ0n) is 36.5. The second-order valence-electron chi connectivity index (χ2n) is 16.4. The predicted molar refractivity (Wildman–Crippen MR) is 275 cm³/mol. The van der Waals surface area contributed by atoms with Crippen molar-refractivity contribution in [2.24, 2.45) is 0 Å². The maximum atomic E-state index is 15.4. The van der Waals surface area contributed by atoms with Crippen LogP contribution in [0.15, 0.2) is 261 Å². The second-order valence-corrected chi connectivity index (χ2v) is 16.4. The van der Waals surface area contributed by atoms with Gasteiger partial charge in [-0.1, -0.05) is 176 Å². The summed E-state index contributed by atoms with van der Waals surface area (Å²) in [5.74, 6) is -0.717. The van der Waals surface area contributed by atoms with Gasteiger partial charge in [-0.15, -0.1) is 0 Å². The lowest BCUT2D eigenvalue weighted by Crippen LogP contribution is -2.29. The van der Waals surface area contributed by atoms with E-state index in [4.69, 9.17) is 0 Å². The molecule has 0 aliphatic carbocycles. The minimum atomic E-state index is -0.359. The second kappa shape index (κ2) is 17.8. The Morgan fingerprint density at radius 1 is 0.224 bits per heavy atom. The first kappa shape index (κ1) is 40.7. The van der Waals surface area contributed by atoms with E-state index in [9.17, 15) is 0 Å². The molecule has 0 N–H and O–H groups in total. The number of nitrogens with zero attached hydrogens (tertiary/aromatic N) is 3. The van der Waals surface area contributed by atoms with Crippen LogP contribution in [0.3, 0.4) is 0 Å². The molecule has 11 rings (SSSR count). The zero-order valence-corrected chi connectivity index (χ0v) is 36.5. The average molecular weight is 862 g/mol. The minimum absolute atomic E-state index is 0.359. The highest BCUT2D eigenvalue weighted by atomic mass is 16.2. The van der Waals surface area contributed by atoms with Crippen molar-refractivity contribution in [1.82, 2.24) is 0 Å². The number of rotatable bonds is 11. The molecule has 0 fully saturated rings. The van der Waals surface area contributed by atoms with Crippen LogP contribution in [0.25, 0.3) is 44.5 Å². The van der Waals surface area contributed by atoms with Gasteiger partial charge in [-0.25, -0.2) is 4.90 Å². The molecule has 67 heavy (non-hydrogen) atoms. The van der Waals surface area contributed by atoms with Crippen LogP contribution >= 0.6 is 0 Å². The molecule has 0 saturated heterocycles. The average Bonchev–Trinajstić information content (AvgIpc) is 3.66. The van der Waals surface area contributed by atoms with Gasteiger partial charge in [-0.05, 0) is 118 Å². The number of hydrogen-bond donors (Lipinski definition) is 0. The highest BCUT2D eigenvalue weighted by Gasteiger charge is 2.44. The highest BCUT2D eigenvalue weighted by molar-refractivity contribution is 6.39. The molecular formula is C62H43N3O2. The molecule has 0 unspecified atom stereocenters. The third-order valence-corrected chi connectivity index (χ3v) is 12.4. The van der Waals surface area contributed by atoms with E-state index < -0.39 is 0 Å². The smallest absolute Gasteiger partial charge is 0.266 e. The quantitative estimate of drug-likeness (QED) is 0.122. The van der Waals surface area contributed by atoms with Crippen LogP contribution in [0, 0.1) is 0 Å². The van der Waals surface area contributed by atoms with Crippen molar-refractivity contribution >= 4 is 51.6 Å². The Kier molecular flexibility index (Phi) is 10.8. The van der Waals surface area contributed by atoms with Gasteiger partial charge in [-0.3, -0.25) is 9.59 Å². The number of anilines is 7. The largest absolute Gasteiger partial charge is 0.311 e. The number of amides is 2. The van der Waals surface area contributed by atoms with E-state index in [0.717, 1.165) is 67.5 Å². The summed E-state index contributed by atoms with van der Waals surface area (Å²) in [6.07, 6.45) is 0. The van der Waals surface area contributed by atoms with Gasteiger partial charge in [0.25, 0.3) is 11.8 Å². The van der Waals surface area contributed by atoms with Gasteiger partial charge in [0, 0.05) is 45.3 Å². The number of fused-ring (bicyclic) bond motifs is 1. The summed E-state index contributed by atoms with van der Waals surface area (Å²) in [4.78, 5) is 36.5. The Hall–Kier alpha value is -9.06. The van der Waals surface area contributed by atoms with Crippen LogP contribution in [-0.2, 0) is 0 Å². The fourth-order valence-corrected chi connectivity index (χ4v) is 9.43. The fourth-order valence-electron chi connectivity index (χ4n) is 9.43. The molecule has 0 aromatic heterocycles. The normalized spacial score (nSPS) is 11.9. The molecule has 2 amide bonds. The molecule has 1 heterocycles. The van der Waals surface area contributed by atoms with E-state index in [1.165, 1.54) is 4.90 Å². The molecule has 1 aliphatic rings. The summed E-state index contributed by atoms with van der Waals surface area (Å²) in [5, 5.41) is 0. The number of hydrogen-bond acceptors (Lipinski definition) is 4. The minimum Gasteiger partial charge on any atom is -0.311 e. The van der Waals surface area contributed by atoms with E-state index in [1.807, 2.05) is 115 Å². The number of carbonyl (C=O) groups is 2. The van der Waals surface area contributed by atoms with Gasteiger partial charge in [0.05, 0.1) is 16.8 Å². The van der Waals surface area contributed by atoms with Gasteiger partial charge < -0.3 is 9.80 Å². The van der Waals surface area contributed by atoms with Gasteiger partial charge >= 0.3 is 0 Å². The van der Waals surface area contributed by atoms with Gasteiger partial charge in [0.2, 0.25) is 0 Å².